The first-order valence-corrected chi connectivity index (χ1v) is 5.35. The van der Waals surface area contributed by atoms with Crippen LogP contribution in [0.25, 0.3) is 11.4 Å². The number of halogens is 2. The average Bonchev–Trinajstić information content (AvgIpc) is 2.70. The van der Waals surface area contributed by atoms with E-state index in [2.05, 4.69) is 26.1 Å². The molecule has 2 rings (SSSR count). The number of nitrogens with zero attached hydrogens (tertiary/aromatic N) is 3. The van der Waals surface area contributed by atoms with E-state index in [4.69, 9.17) is 0 Å². The van der Waals surface area contributed by atoms with Gasteiger partial charge in [-0.1, -0.05) is 6.07 Å². The second-order valence-electron chi connectivity index (χ2n) is 3.04. The molecule has 0 N–H and O–H groups in total. The van der Waals surface area contributed by atoms with E-state index in [1.54, 1.807) is 29.1 Å². The maximum Gasteiger partial charge on any atom is 0.166 e. The van der Waals surface area contributed by atoms with Crippen molar-refractivity contribution in [1.29, 1.82) is 0 Å². The summed E-state index contributed by atoms with van der Waals surface area (Å²) in [6.07, 6.45) is 1.59. The zero-order valence-corrected chi connectivity index (χ0v) is 9.70. The van der Waals surface area contributed by atoms with Crippen LogP contribution in [0, 0.1) is 5.82 Å². The topological polar surface area (TPSA) is 30.7 Å². The molecule has 0 unspecified atom stereocenters. The Labute approximate surface area is 95.1 Å². The Morgan fingerprint density at radius 3 is 3.00 bits per heavy atom. The van der Waals surface area contributed by atoms with Crippen LogP contribution < -0.4 is 0 Å². The van der Waals surface area contributed by atoms with Gasteiger partial charge in [0.25, 0.3) is 0 Å². The van der Waals surface area contributed by atoms with E-state index in [0.29, 0.717) is 22.4 Å². The molecule has 5 heteroatoms. The van der Waals surface area contributed by atoms with E-state index < -0.39 is 0 Å². The first kappa shape index (κ1) is 10.3. The third-order valence-electron chi connectivity index (χ3n) is 2.15. The van der Waals surface area contributed by atoms with Crippen LogP contribution in [-0.2, 0) is 6.54 Å². The summed E-state index contributed by atoms with van der Waals surface area (Å²) in [4.78, 5) is 0. The lowest BCUT2D eigenvalue weighted by Crippen LogP contribution is -1.98. The number of aryl methyl sites for hydroxylation is 1. The quantitative estimate of drug-likeness (QED) is 0.840. The minimum absolute atomic E-state index is 0.305. The van der Waals surface area contributed by atoms with Crippen molar-refractivity contribution in [2.24, 2.45) is 0 Å². The molecule has 78 valence electrons. The molecule has 0 aliphatic carbocycles. The number of hydrogen-bond donors (Lipinski definition) is 0. The molecule has 0 fully saturated rings. The Bertz CT molecular complexity index is 481. The van der Waals surface area contributed by atoms with Crippen molar-refractivity contribution in [3.63, 3.8) is 0 Å². The highest BCUT2D eigenvalue weighted by Crippen LogP contribution is 2.26. The van der Waals surface area contributed by atoms with Gasteiger partial charge in [0.1, 0.15) is 12.1 Å². The smallest absolute Gasteiger partial charge is 0.166 e. The maximum atomic E-state index is 13.8. The summed E-state index contributed by atoms with van der Waals surface area (Å²) in [5.74, 6) is 0.247. The molecule has 0 amide bonds. The molecule has 0 aliphatic rings. The van der Waals surface area contributed by atoms with Gasteiger partial charge in [0, 0.05) is 6.54 Å². The summed E-state index contributed by atoms with van der Waals surface area (Å²) in [6.45, 7) is 2.68. The molecule has 0 aliphatic heterocycles. The fraction of sp³-hybridized carbons (Fsp3) is 0.200. The Balaban J connectivity index is 2.59. The molecule has 1 aromatic heterocycles. The molecule has 0 bridgehead atoms. The van der Waals surface area contributed by atoms with Crippen molar-refractivity contribution >= 4 is 15.9 Å². The SMILES string of the molecule is CCn1cnnc1-c1cccc(Br)c1F. The van der Waals surface area contributed by atoms with Gasteiger partial charge in [0.15, 0.2) is 5.82 Å². The van der Waals surface area contributed by atoms with Crippen LogP contribution in [-0.4, -0.2) is 14.8 Å². The molecule has 0 radical (unpaired) electrons. The van der Waals surface area contributed by atoms with Crippen LogP contribution in [0.3, 0.4) is 0 Å². The van der Waals surface area contributed by atoms with Crippen LogP contribution >= 0.6 is 15.9 Å². The molecule has 0 atom stereocenters. The van der Waals surface area contributed by atoms with Crippen LogP contribution in [0.15, 0.2) is 29.0 Å². The zero-order valence-electron chi connectivity index (χ0n) is 8.11. The van der Waals surface area contributed by atoms with Gasteiger partial charge in [0.05, 0.1) is 10.0 Å². The molecule has 15 heavy (non-hydrogen) atoms. The molecule has 0 spiro atoms. The predicted molar refractivity (Wildman–Crippen MR) is 58.8 cm³/mol. The third-order valence-corrected chi connectivity index (χ3v) is 2.76. The van der Waals surface area contributed by atoms with Gasteiger partial charge in [-0.05, 0) is 35.0 Å². The minimum Gasteiger partial charge on any atom is -0.314 e. The van der Waals surface area contributed by atoms with Crippen LogP contribution in [0.1, 0.15) is 6.92 Å². The van der Waals surface area contributed by atoms with E-state index in [1.807, 2.05) is 6.92 Å². The van der Waals surface area contributed by atoms with E-state index in [9.17, 15) is 4.39 Å². The second-order valence-corrected chi connectivity index (χ2v) is 3.90. The van der Waals surface area contributed by atoms with E-state index in [1.165, 1.54) is 0 Å². The highest BCUT2D eigenvalue weighted by atomic mass is 79.9. The fourth-order valence-corrected chi connectivity index (χ4v) is 1.74. The van der Waals surface area contributed by atoms with Crippen molar-refractivity contribution in [2.75, 3.05) is 0 Å². The fourth-order valence-electron chi connectivity index (χ4n) is 1.37. The highest BCUT2D eigenvalue weighted by Gasteiger charge is 2.12. The van der Waals surface area contributed by atoms with Crippen molar-refractivity contribution in [3.8, 4) is 11.4 Å². The standard InChI is InChI=1S/C10H9BrFN3/c1-2-15-6-13-14-10(15)7-4-3-5-8(11)9(7)12/h3-6H,2H2,1H3. The summed E-state index contributed by atoms with van der Waals surface area (Å²) >= 11 is 3.15. The molecule has 0 saturated heterocycles. The van der Waals surface area contributed by atoms with Crippen LogP contribution in [0.4, 0.5) is 4.39 Å². The van der Waals surface area contributed by atoms with Gasteiger partial charge >= 0.3 is 0 Å². The van der Waals surface area contributed by atoms with Gasteiger partial charge in [-0.3, -0.25) is 0 Å². The van der Waals surface area contributed by atoms with E-state index >= 15 is 0 Å². The maximum absolute atomic E-state index is 13.8. The molecule has 1 aromatic carbocycles. The summed E-state index contributed by atoms with van der Waals surface area (Å²) in [7, 11) is 0. The number of hydrogen-bond acceptors (Lipinski definition) is 2. The normalized spacial score (nSPS) is 10.6. The molecule has 1 heterocycles. The second kappa shape index (κ2) is 4.10. The molecule has 3 nitrogen and oxygen atoms in total. The van der Waals surface area contributed by atoms with Gasteiger partial charge in [-0.2, -0.15) is 0 Å². The van der Waals surface area contributed by atoms with Crippen LogP contribution in [0.2, 0.25) is 0 Å². The first-order chi connectivity index (χ1) is 7.24. The van der Waals surface area contributed by atoms with Crippen molar-refractivity contribution < 1.29 is 4.39 Å². The lowest BCUT2D eigenvalue weighted by molar-refractivity contribution is 0.620. The van der Waals surface area contributed by atoms with E-state index in [0.717, 1.165) is 0 Å². The largest absolute Gasteiger partial charge is 0.314 e. The van der Waals surface area contributed by atoms with Gasteiger partial charge in [-0.25, -0.2) is 4.39 Å². The summed E-state index contributed by atoms with van der Waals surface area (Å²) in [5.41, 5.74) is 0.462. The monoisotopic (exact) mass is 269 g/mol. The Kier molecular flexibility index (Phi) is 2.81. The van der Waals surface area contributed by atoms with Crippen molar-refractivity contribution in [1.82, 2.24) is 14.8 Å². The zero-order chi connectivity index (χ0) is 10.8. The number of rotatable bonds is 2. The minimum atomic E-state index is -0.305. The molecule has 0 saturated carbocycles. The van der Waals surface area contributed by atoms with Crippen LogP contribution in [0.5, 0.6) is 0 Å². The average molecular weight is 270 g/mol. The lowest BCUT2D eigenvalue weighted by atomic mass is 10.2. The summed E-state index contributed by atoms with van der Waals surface area (Å²) in [6, 6.07) is 5.12. The number of aromatic nitrogens is 3. The molecular formula is C10H9BrFN3. The predicted octanol–water partition coefficient (Wildman–Crippen LogP) is 2.87. The van der Waals surface area contributed by atoms with Gasteiger partial charge < -0.3 is 4.57 Å². The van der Waals surface area contributed by atoms with Crippen molar-refractivity contribution in [2.45, 2.75) is 13.5 Å². The summed E-state index contributed by atoms with van der Waals surface area (Å²) in [5, 5.41) is 7.68. The Morgan fingerprint density at radius 2 is 2.27 bits per heavy atom. The molecular weight excluding hydrogens is 261 g/mol. The summed E-state index contributed by atoms with van der Waals surface area (Å²) < 4.78 is 16.0. The van der Waals surface area contributed by atoms with Gasteiger partial charge in [0.2, 0.25) is 0 Å². The van der Waals surface area contributed by atoms with E-state index in [-0.39, 0.29) is 5.82 Å². The molecule has 2 aromatic rings. The first-order valence-electron chi connectivity index (χ1n) is 4.56. The third kappa shape index (κ3) is 1.79. The van der Waals surface area contributed by atoms with Crippen molar-refractivity contribution in [3.05, 3.63) is 34.8 Å². The highest BCUT2D eigenvalue weighted by molar-refractivity contribution is 9.10. The van der Waals surface area contributed by atoms with Gasteiger partial charge in [-0.15, -0.1) is 10.2 Å². The Hall–Kier alpha value is -1.23. The number of benzene rings is 1. The Morgan fingerprint density at radius 1 is 1.47 bits per heavy atom. The lowest BCUT2D eigenvalue weighted by Gasteiger charge is -2.05.